The van der Waals surface area contributed by atoms with E-state index in [2.05, 4.69) is 15.4 Å². The molecule has 2 aromatic heterocycles. The summed E-state index contributed by atoms with van der Waals surface area (Å²) in [4.78, 5) is 16.6. The molecule has 0 radical (unpaired) electrons. The molecule has 1 aliphatic carbocycles. The number of nitrogens with one attached hydrogen (secondary N) is 1. The van der Waals surface area contributed by atoms with Crippen LogP contribution in [0, 0.1) is 11.3 Å². The average Bonchev–Trinajstić information content (AvgIpc) is 3.19. The van der Waals surface area contributed by atoms with E-state index >= 15 is 0 Å². The summed E-state index contributed by atoms with van der Waals surface area (Å²) >= 11 is 0. The molecular formula is C23H22FN5O2. The Kier molecular flexibility index (Phi) is 5.67. The lowest BCUT2D eigenvalue weighted by molar-refractivity contribution is 0.0813. The van der Waals surface area contributed by atoms with Crippen LogP contribution in [-0.2, 0) is 0 Å². The highest BCUT2D eigenvalue weighted by Gasteiger charge is 2.32. The molecule has 0 saturated heterocycles. The minimum Gasteiger partial charge on any atom is -0.493 e. The molecule has 158 valence electrons. The number of aromatic hydroxyl groups is 1. The van der Waals surface area contributed by atoms with Crippen LogP contribution in [0.4, 0.5) is 4.39 Å². The van der Waals surface area contributed by atoms with Crippen molar-refractivity contribution < 1.29 is 14.3 Å². The fourth-order valence-corrected chi connectivity index (χ4v) is 3.79. The topological polar surface area (TPSA) is 104 Å². The Labute approximate surface area is 179 Å². The van der Waals surface area contributed by atoms with Crippen molar-refractivity contribution in [3.8, 4) is 28.9 Å². The quantitative estimate of drug-likeness (QED) is 0.652. The predicted molar refractivity (Wildman–Crippen MR) is 112 cm³/mol. The van der Waals surface area contributed by atoms with Gasteiger partial charge < -0.3 is 10.4 Å². The molecule has 0 unspecified atom stereocenters. The van der Waals surface area contributed by atoms with Gasteiger partial charge in [-0.15, -0.1) is 0 Å². The molecule has 0 aliphatic heterocycles. The number of hydrogen-bond donors (Lipinski definition) is 2. The number of pyridine rings is 1. The van der Waals surface area contributed by atoms with Crippen molar-refractivity contribution in [1.82, 2.24) is 20.1 Å². The lowest BCUT2D eigenvalue weighted by atomic mass is 9.86. The first-order valence-electron chi connectivity index (χ1n) is 10.2. The number of nitriles is 1. The number of alkyl halides is 1. The van der Waals surface area contributed by atoms with Gasteiger partial charge in [-0.3, -0.25) is 4.79 Å². The number of halogens is 1. The Balaban J connectivity index is 1.46. The summed E-state index contributed by atoms with van der Waals surface area (Å²) < 4.78 is 15.9. The Morgan fingerprint density at radius 2 is 1.90 bits per heavy atom. The molecule has 3 aromatic rings. The van der Waals surface area contributed by atoms with Gasteiger partial charge in [0.2, 0.25) is 5.88 Å². The van der Waals surface area contributed by atoms with E-state index in [1.54, 1.807) is 36.4 Å². The largest absolute Gasteiger partial charge is 0.493 e. The van der Waals surface area contributed by atoms with Gasteiger partial charge in [-0.05, 0) is 42.7 Å². The van der Waals surface area contributed by atoms with Gasteiger partial charge in [0.15, 0.2) is 5.82 Å². The van der Waals surface area contributed by atoms with Gasteiger partial charge in [-0.1, -0.05) is 31.4 Å². The SMILES string of the molecule is N#Cc1ccc(-c2cnn(-c3ccc(C(=O)NCC4(F)CCCCC4)cn3)c2O)cc1. The maximum absolute atomic E-state index is 14.7. The molecule has 1 saturated carbocycles. The van der Waals surface area contributed by atoms with Gasteiger partial charge in [-0.2, -0.15) is 15.0 Å². The first-order chi connectivity index (χ1) is 15.0. The van der Waals surface area contributed by atoms with Crippen LogP contribution in [0.5, 0.6) is 5.88 Å². The van der Waals surface area contributed by atoms with Crippen molar-refractivity contribution in [3.63, 3.8) is 0 Å². The Morgan fingerprint density at radius 1 is 1.16 bits per heavy atom. The minimum atomic E-state index is -1.33. The second kappa shape index (κ2) is 8.56. The highest BCUT2D eigenvalue weighted by molar-refractivity contribution is 5.94. The third-order valence-corrected chi connectivity index (χ3v) is 5.61. The molecule has 7 nitrogen and oxygen atoms in total. The van der Waals surface area contributed by atoms with E-state index in [1.807, 2.05) is 6.07 Å². The summed E-state index contributed by atoms with van der Waals surface area (Å²) in [6.07, 6.45) is 6.57. The zero-order valence-corrected chi connectivity index (χ0v) is 16.9. The molecule has 1 amide bonds. The van der Waals surface area contributed by atoms with E-state index in [-0.39, 0.29) is 18.3 Å². The highest BCUT2D eigenvalue weighted by Crippen LogP contribution is 2.32. The number of amides is 1. The van der Waals surface area contributed by atoms with Gasteiger partial charge in [0, 0.05) is 6.20 Å². The van der Waals surface area contributed by atoms with Crippen molar-refractivity contribution >= 4 is 5.91 Å². The third kappa shape index (κ3) is 4.40. The zero-order valence-electron chi connectivity index (χ0n) is 16.9. The molecule has 1 aliphatic rings. The predicted octanol–water partition coefficient (Wildman–Crippen LogP) is 3.91. The van der Waals surface area contributed by atoms with E-state index in [0.717, 1.165) is 19.3 Å². The van der Waals surface area contributed by atoms with Crippen LogP contribution in [-0.4, -0.2) is 38.0 Å². The zero-order chi connectivity index (χ0) is 21.8. The van der Waals surface area contributed by atoms with E-state index in [4.69, 9.17) is 5.26 Å². The van der Waals surface area contributed by atoms with Crippen LogP contribution in [0.15, 0.2) is 48.8 Å². The van der Waals surface area contributed by atoms with Crippen molar-refractivity contribution in [3.05, 3.63) is 59.9 Å². The minimum absolute atomic E-state index is 0.00147. The van der Waals surface area contributed by atoms with E-state index in [1.165, 1.54) is 17.1 Å². The van der Waals surface area contributed by atoms with Crippen LogP contribution in [0.3, 0.4) is 0 Å². The molecule has 4 rings (SSSR count). The maximum Gasteiger partial charge on any atom is 0.252 e. The molecule has 2 N–H and O–H groups in total. The standard InChI is InChI=1S/C23H22FN5O2/c24-23(10-2-1-3-11-23)15-27-21(30)18-8-9-20(26-13-18)29-22(31)19(14-28-29)17-6-4-16(12-25)5-7-17/h4-9,13-14,31H,1-3,10-11,15H2,(H,27,30). The highest BCUT2D eigenvalue weighted by atomic mass is 19.1. The van der Waals surface area contributed by atoms with Crippen molar-refractivity contribution in [2.45, 2.75) is 37.8 Å². The number of carbonyl (C=O) groups is 1. The molecule has 1 fully saturated rings. The van der Waals surface area contributed by atoms with Crippen LogP contribution in [0.1, 0.15) is 48.0 Å². The van der Waals surface area contributed by atoms with Crippen LogP contribution >= 0.6 is 0 Å². The van der Waals surface area contributed by atoms with Gasteiger partial charge in [-0.25, -0.2) is 9.37 Å². The Bertz CT molecular complexity index is 1110. The molecule has 0 atom stereocenters. The summed E-state index contributed by atoms with van der Waals surface area (Å²) in [6, 6.07) is 11.9. The van der Waals surface area contributed by atoms with E-state index in [0.29, 0.717) is 40.9 Å². The Hall–Kier alpha value is -3.73. The molecule has 31 heavy (non-hydrogen) atoms. The smallest absolute Gasteiger partial charge is 0.252 e. The monoisotopic (exact) mass is 419 g/mol. The van der Waals surface area contributed by atoms with Gasteiger partial charge >= 0.3 is 0 Å². The first-order valence-corrected chi connectivity index (χ1v) is 10.2. The summed E-state index contributed by atoms with van der Waals surface area (Å²) in [5.41, 5.74) is 0.704. The Morgan fingerprint density at radius 3 is 2.55 bits per heavy atom. The lowest BCUT2D eigenvalue weighted by Gasteiger charge is -2.29. The van der Waals surface area contributed by atoms with Gasteiger partial charge in [0.1, 0.15) is 5.67 Å². The molecule has 8 heteroatoms. The first kappa shape index (κ1) is 20.5. The number of hydrogen-bond acceptors (Lipinski definition) is 5. The van der Waals surface area contributed by atoms with Crippen LogP contribution < -0.4 is 5.32 Å². The van der Waals surface area contributed by atoms with Crippen molar-refractivity contribution in [2.24, 2.45) is 0 Å². The van der Waals surface area contributed by atoms with Crippen LogP contribution in [0.25, 0.3) is 16.9 Å². The molecule has 1 aromatic carbocycles. The second-order valence-electron chi connectivity index (χ2n) is 7.78. The summed E-state index contributed by atoms with van der Waals surface area (Å²) in [7, 11) is 0. The third-order valence-electron chi connectivity index (χ3n) is 5.61. The fourth-order valence-electron chi connectivity index (χ4n) is 3.79. The molecule has 0 bridgehead atoms. The second-order valence-corrected chi connectivity index (χ2v) is 7.78. The number of benzene rings is 1. The summed E-state index contributed by atoms with van der Waals surface area (Å²) in [5, 5.41) is 26.3. The van der Waals surface area contributed by atoms with Gasteiger partial charge in [0.25, 0.3) is 5.91 Å². The van der Waals surface area contributed by atoms with Gasteiger partial charge in [0.05, 0.1) is 35.5 Å². The average molecular weight is 419 g/mol. The van der Waals surface area contributed by atoms with Crippen molar-refractivity contribution in [2.75, 3.05) is 6.54 Å². The van der Waals surface area contributed by atoms with E-state index < -0.39 is 5.67 Å². The number of nitrogens with zero attached hydrogens (tertiary/aromatic N) is 4. The van der Waals surface area contributed by atoms with E-state index in [9.17, 15) is 14.3 Å². The normalized spacial score (nSPS) is 15.2. The maximum atomic E-state index is 14.7. The van der Waals surface area contributed by atoms with Crippen LogP contribution in [0.2, 0.25) is 0 Å². The molecular weight excluding hydrogens is 397 g/mol. The summed E-state index contributed by atoms with van der Waals surface area (Å²) in [6.45, 7) is 0.00147. The molecule has 0 spiro atoms. The lowest BCUT2D eigenvalue weighted by Crippen LogP contribution is -2.41. The number of aromatic nitrogens is 3. The number of rotatable bonds is 5. The number of carbonyl (C=O) groups excluding carboxylic acids is 1. The van der Waals surface area contributed by atoms with Crippen molar-refractivity contribution in [1.29, 1.82) is 5.26 Å². The summed E-state index contributed by atoms with van der Waals surface area (Å²) in [5.74, 6) is -0.154. The molecule has 2 heterocycles. The fraction of sp³-hybridized carbons (Fsp3) is 0.304.